The molecule has 1 amide bonds. The number of nitrogens with zero attached hydrogens (tertiary/aromatic N) is 2. The highest BCUT2D eigenvalue weighted by Crippen LogP contribution is 2.31. The fourth-order valence-corrected chi connectivity index (χ4v) is 3.42. The highest BCUT2D eigenvalue weighted by molar-refractivity contribution is 6.07. The Balaban J connectivity index is 1.43. The van der Waals surface area contributed by atoms with Crippen LogP contribution in [0, 0.1) is 0 Å². The lowest BCUT2D eigenvalue weighted by Gasteiger charge is -2.07. The minimum Gasteiger partial charge on any atom is -0.497 e. The minimum atomic E-state index is -0.267. The Bertz CT molecular complexity index is 1440. The van der Waals surface area contributed by atoms with Crippen molar-refractivity contribution < 1.29 is 23.2 Å². The Morgan fingerprint density at radius 3 is 2.55 bits per heavy atom. The SMILES string of the molecule is COc1ccc(-c2nc(-c3noc4ccc(C(=O)Nc5cccc(OC)c5)cc34)co2)cc1. The van der Waals surface area contributed by atoms with Crippen LogP contribution in [0.1, 0.15) is 10.4 Å². The van der Waals surface area contributed by atoms with Crippen LogP contribution in [0.15, 0.2) is 81.9 Å². The first-order chi connectivity index (χ1) is 16.1. The van der Waals surface area contributed by atoms with Crippen LogP contribution < -0.4 is 14.8 Å². The predicted molar refractivity (Wildman–Crippen MR) is 122 cm³/mol. The minimum absolute atomic E-state index is 0.267. The van der Waals surface area contributed by atoms with Crippen molar-refractivity contribution in [3.8, 4) is 34.3 Å². The Kier molecular flexibility index (Phi) is 5.24. The van der Waals surface area contributed by atoms with Gasteiger partial charge in [0.2, 0.25) is 5.89 Å². The lowest BCUT2D eigenvalue weighted by atomic mass is 10.1. The number of methoxy groups -OCH3 is 2. The van der Waals surface area contributed by atoms with Crippen LogP contribution in [0.4, 0.5) is 5.69 Å². The third-order valence-electron chi connectivity index (χ3n) is 5.14. The highest BCUT2D eigenvalue weighted by atomic mass is 16.5. The molecule has 5 rings (SSSR count). The van der Waals surface area contributed by atoms with E-state index in [0.29, 0.717) is 45.2 Å². The Morgan fingerprint density at radius 2 is 1.76 bits per heavy atom. The molecule has 0 bridgehead atoms. The molecule has 0 atom stereocenters. The van der Waals surface area contributed by atoms with Crippen molar-refractivity contribution in [1.29, 1.82) is 0 Å². The Labute approximate surface area is 188 Å². The second kappa shape index (κ2) is 8.51. The predicted octanol–water partition coefficient (Wildman–Crippen LogP) is 5.42. The van der Waals surface area contributed by atoms with Crippen molar-refractivity contribution in [3.63, 3.8) is 0 Å². The van der Waals surface area contributed by atoms with Gasteiger partial charge in [-0.3, -0.25) is 4.79 Å². The number of fused-ring (bicyclic) bond motifs is 1. The molecule has 33 heavy (non-hydrogen) atoms. The number of amides is 1. The first kappa shape index (κ1) is 20.3. The van der Waals surface area contributed by atoms with Crippen molar-refractivity contribution in [3.05, 3.63) is 78.6 Å². The molecule has 0 fully saturated rings. The Morgan fingerprint density at radius 1 is 0.939 bits per heavy atom. The quantitative estimate of drug-likeness (QED) is 0.376. The Hall–Kier alpha value is -4.59. The molecule has 5 aromatic rings. The smallest absolute Gasteiger partial charge is 0.255 e. The number of ether oxygens (including phenoxy) is 2. The average Bonchev–Trinajstić information content (AvgIpc) is 3.51. The summed E-state index contributed by atoms with van der Waals surface area (Å²) in [7, 11) is 3.19. The number of rotatable bonds is 6. The molecule has 8 heteroatoms. The summed E-state index contributed by atoms with van der Waals surface area (Å²) in [6.45, 7) is 0. The molecule has 0 aliphatic carbocycles. The number of anilines is 1. The number of aromatic nitrogens is 2. The molecule has 0 aliphatic rings. The van der Waals surface area contributed by atoms with Gasteiger partial charge in [0, 0.05) is 22.9 Å². The van der Waals surface area contributed by atoms with E-state index in [2.05, 4.69) is 15.5 Å². The molecule has 0 radical (unpaired) electrons. The number of carbonyl (C=O) groups is 1. The van der Waals surface area contributed by atoms with E-state index in [0.717, 1.165) is 11.3 Å². The van der Waals surface area contributed by atoms with Gasteiger partial charge in [-0.15, -0.1) is 0 Å². The maximum Gasteiger partial charge on any atom is 0.255 e. The number of benzene rings is 3. The first-order valence-corrected chi connectivity index (χ1v) is 10.1. The summed E-state index contributed by atoms with van der Waals surface area (Å²) < 4.78 is 21.5. The van der Waals surface area contributed by atoms with E-state index in [4.69, 9.17) is 18.4 Å². The molecule has 1 N–H and O–H groups in total. The van der Waals surface area contributed by atoms with E-state index in [1.54, 1.807) is 50.6 Å². The van der Waals surface area contributed by atoms with Crippen molar-refractivity contribution in [2.75, 3.05) is 19.5 Å². The lowest BCUT2D eigenvalue weighted by molar-refractivity contribution is 0.102. The van der Waals surface area contributed by atoms with Crippen LogP contribution in [0.3, 0.4) is 0 Å². The molecule has 0 aliphatic heterocycles. The molecule has 0 unspecified atom stereocenters. The van der Waals surface area contributed by atoms with E-state index in [1.807, 2.05) is 30.3 Å². The van der Waals surface area contributed by atoms with Gasteiger partial charge < -0.3 is 23.7 Å². The third kappa shape index (κ3) is 4.01. The fourth-order valence-electron chi connectivity index (χ4n) is 3.42. The highest BCUT2D eigenvalue weighted by Gasteiger charge is 2.18. The summed E-state index contributed by atoms with van der Waals surface area (Å²) >= 11 is 0. The van der Waals surface area contributed by atoms with Crippen molar-refractivity contribution in [1.82, 2.24) is 10.1 Å². The topological polar surface area (TPSA) is 99.6 Å². The number of nitrogens with one attached hydrogen (secondary N) is 1. The lowest BCUT2D eigenvalue weighted by Crippen LogP contribution is -2.11. The van der Waals surface area contributed by atoms with E-state index in [-0.39, 0.29) is 5.91 Å². The van der Waals surface area contributed by atoms with Crippen LogP contribution in [0.2, 0.25) is 0 Å². The third-order valence-corrected chi connectivity index (χ3v) is 5.14. The van der Waals surface area contributed by atoms with Crippen molar-refractivity contribution >= 4 is 22.6 Å². The first-order valence-electron chi connectivity index (χ1n) is 10.1. The summed E-state index contributed by atoms with van der Waals surface area (Å²) in [5.74, 6) is 1.57. The van der Waals surface area contributed by atoms with Crippen LogP contribution in [0.25, 0.3) is 33.8 Å². The second-order valence-electron chi connectivity index (χ2n) is 7.19. The fraction of sp³-hybridized carbons (Fsp3) is 0.0800. The maximum atomic E-state index is 12.8. The zero-order valence-electron chi connectivity index (χ0n) is 17.9. The van der Waals surface area contributed by atoms with Crippen LogP contribution in [-0.4, -0.2) is 30.3 Å². The molecule has 3 aromatic carbocycles. The number of hydrogen-bond donors (Lipinski definition) is 1. The van der Waals surface area contributed by atoms with Gasteiger partial charge in [0.05, 0.1) is 19.6 Å². The standard InChI is InChI=1S/C25H19N3O5/c1-30-18-9-6-15(7-10-18)25-27-21(14-32-25)23-20-12-16(8-11-22(20)33-28-23)24(29)26-17-4-3-5-19(13-17)31-2/h3-14H,1-2H3,(H,26,29). The summed E-state index contributed by atoms with van der Waals surface area (Å²) in [5.41, 5.74) is 3.42. The van der Waals surface area contributed by atoms with E-state index in [1.165, 1.54) is 6.26 Å². The van der Waals surface area contributed by atoms with Gasteiger partial charge in [-0.1, -0.05) is 11.2 Å². The molecular weight excluding hydrogens is 422 g/mol. The zero-order valence-corrected chi connectivity index (χ0v) is 17.9. The van der Waals surface area contributed by atoms with Crippen molar-refractivity contribution in [2.45, 2.75) is 0 Å². The normalized spacial score (nSPS) is 10.8. The largest absolute Gasteiger partial charge is 0.497 e. The summed E-state index contributed by atoms with van der Waals surface area (Å²) in [4.78, 5) is 17.4. The monoisotopic (exact) mass is 441 g/mol. The molecule has 0 spiro atoms. The van der Waals surface area contributed by atoms with Gasteiger partial charge in [0.25, 0.3) is 5.91 Å². The van der Waals surface area contributed by atoms with Gasteiger partial charge in [-0.25, -0.2) is 4.98 Å². The van der Waals surface area contributed by atoms with Gasteiger partial charge in [-0.2, -0.15) is 0 Å². The van der Waals surface area contributed by atoms with Gasteiger partial charge in [-0.05, 0) is 54.6 Å². The average molecular weight is 441 g/mol. The molecule has 0 saturated heterocycles. The van der Waals surface area contributed by atoms with Crippen molar-refractivity contribution in [2.24, 2.45) is 0 Å². The van der Waals surface area contributed by atoms with E-state index in [9.17, 15) is 4.79 Å². The second-order valence-corrected chi connectivity index (χ2v) is 7.19. The molecule has 2 aromatic heterocycles. The molecule has 8 nitrogen and oxygen atoms in total. The number of carbonyl (C=O) groups excluding carboxylic acids is 1. The molecule has 164 valence electrons. The van der Waals surface area contributed by atoms with Crippen LogP contribution >= 0.6 is 0 Å². The molecule has 2 heterocycles. The van der Waals surface area contributed by atoms with Crippen LogP contribution in [-0.2, 0) is 0 Å². The summed E-state index contributed by atoms with van der Waals surface area (Å²) in [5, 5.41) is 7.67. The van der Waals surface area contributed by atoms with Gasteiger partial charge in [0.15, 0.2) is 5.58 Å². The number of hydrogen-bond acceptors (Lipinski definition) is 7. The van der Waals surface area contributed by atoms with E-state index >= 15 is 0 Å². The molecule has 0 saturated carbocycles. The summed E-state index contributed by atoms with van der Waals surface area (Å²) in [6, 6.07) is 19.6. The zero-order chi connectivity index (χ0) is 22.8. The van der Waals surface area contributed by atoms with Crippen LogP contribution in [0.5, 0.6) is 11.5 Å². The summed E-state index contributed by atoms with van der Waals surface area (Å²) in [6.07, 6.45) is 1.51. The van der Waals surface area contributed by atoms with Gasteiger partial charge in [0.1, 0.15) is 29.2 Å². The number of oxazole rings is 1. The maximum absolute atomic E-state index is 12.8. The van der Waals surface area contributed by atoms with Gasteiger partial charge >= 0.3 is 0 Å². The van der Waals surface area contributed by atoms with E-state index < -0.39 is 0 Å². The molecular formula is C25H19N3O5.